The highest BCUT2D eigenvalue weighted by atomic mass is 16.5. The standard InChI is InChI=1S/C21H32N4O/c1-4-22-20(24-18-11-17-9-10-19(18)26-17)23-14-21(25(2)3)12-15-7-5-6-8-16(15)13-21/h5-8,17-19H,4,9-14H2,1-3H3,(H2,22,23,24). The van der Waals surface area contributed by atoms with Crippen LogP contribution in [0.3, 0.4) is 0 Å². The molecule has 4 rings (SSSR count). The van der Waals surface area contributed by atoms with Crippen molar-refractivity contribution in [2.75, 3.05) is 27.2 Å². The van der Waals surface area contributed by atoms with Gasteiger partial charge in [-0.05, 0) is 64.3 Å². The van der Waals surface area contributed by atoms with E-state index in [0.717, 1.165) is 38.3 Å². The summed E-state index contributed by atoms with van der Waals surface area (Å²) in [6.07, 6.45) is 6.46. The van der Waals surface area contributed by atoms with Gasteiger partial charge in [0.05, 0.1) is 24.8 Å². The van der Waals surface area contributed by atoms with Crippen molar-refractivity contribution in [3.8, 4) is 0 Å². The van der Waals surface area contributed by atoms with Crippen LogP contribution in [-0.2, 0) is 17.6 Å². The van der Waals surface area contributed by atoms with Crippen molar-refractivity contribution >= 4 is 5.96 Å². The molecule has 142 valence electrons. The highest BCUT2D eigenvalue weighted by Gasteiger charge is 2.42. The summed E-state index contributed by atoms with van der Waals surface area (Å²) >= 11 is 0. The highest BCUT2D eigenvalue weighted by molar-refractivity contribution is 5.80. The molecular weight excluding hydrogens is 324 g/mol. The normalized spacial score (nSPS) is 29.2. The van der Waals surface area contributed by atoms with Crippen molar-refractivity contribution in [3.05, 3.63) is 35.4 Å². The van der Waals surface area contributed by atoms with E-state index in [1.54, 1.807) is 0 Å². The van der Waals surface area contributed by atoms with Gasteiger partial charge in [-0.15, -0.1) is 0 Å². The van der Waals surface area contributed by atoms with Crippen LogP contribution in [0, 0.1) is 0 Å². The molecule has 0 saturated carbocycles. The first-order chi connectivity index (χ1) is 12.6. The predicted molar refractivity (Wildman–Crippen MR) is 106 cm³/mol. The lowest BCUT2D eigenvalue weighted by atomic mass is 9.94. The van der Waals surface area contributed by atoms with E-state index in [2.05, 4.69) is 60.8 Å². The molecular formula is C21H32N4O. The monoisotopic (exact) mass is 356 g/mol. The molecule has 3 unspecified atom stereocenters. The Bertz CT molecular complexity index is 647. The molecule has 1 aromatic rings. The first-order valence-corrected chi connectivity index (χ1v) is 10.0. The molecule has 2 saturated heterocycles. The molecule has 2 fully saturated rings. The molecule has 1 aromatic carbocycles. The van der Waals surface area contributed by atoms with E-state index in [4.69, 9.17) is 9.73 Å². The minimum atomic E-state index is 0.0667. The van der Waals surface area contributed by atoms with Crippen molar-refractivity contribution in [1.29, 1.82) is 0 Å². The maximum absolute atomic E-state index is 5.99. The quantitative estimate of drug-likeness (QED) is 0.625. The first kappa shape index (κ1) is 17.8. The predicted octanol–water partition coefficient (Wildman–Crippen LogP) is 1.96. The maximum atomic E-state index is 5.99. The lowest BCUT2D eigenvalue weighted by molar-refractivity contribution is 0.0992. The van der Waals surface area contributed by atoms with E-state index in [9.17, 15) is 0 Å². The fourth-order valence-corrected chi connectivity index (χ4v) is 4.75. The summed E-state index contributed by atoms with van der Waals surface area (Å²) in [6, 6.07) is 9.23. The van der Waals surface area contributed by atoms with E-state index in [0.29, 0.717) is 18.2 Å². The van der Waals surface area contributed by atoms with Gasteiger partial charge < -0.3 is 20.3 Å². The summed E-state index contributed by atoms with van der Waals surface area (Å²) in [6.45, 7) is 3.80. The molecule has 2 bridgehead atoms. The number of likely N-dealkylation sites (N-methyl/N-ethyl adjacent to an activating group) is 1. The number of fused-ring (bicyclic) bond motifs is 3. The zero-order chi connectivity index (χ0) is 18.1. The molecule has 0 amide bonds. The van der Waals surface area contributed by atoms with Crippen LogP contribution >= 0.6 is 0 Å². The molecule has 3 aliphatic rings. The Morgan fingerprint density at radius 3 is 2.50 bits per heavy atom. The number of aliphatic imine (C=N–C) groups is 1. The van der Waals surface area contributed by atoms with Gasteiger partial charge in [0.2, 0.25) is 0 Å². The molecule has 0 radical (unpaired) electrons. The zero-order valence-electron chi connectivity index (χ0n) is 16.3. The smallest absolute Gasteiger partial charge is 0.191 e. The molecule has 0 spiro atoms. The average Bonchev–Trinajstić information content (AvgIpc) is 3.33. The van der Waals surface area contributed by atoms with Crippen LogP contribution in [-0.4, -0.2) is 61.8 Å². The SMILES string of the molecule is CCNC(=NCC1(N(C)C)Cc2ccccc2C1)NC1CC2CCC1O2. The molecule has 0 aromatic heterocycles. The van der Waals surface area contributed by atoms with Crippen LogP contribution in [0.5, 0.6) is 0 Å². The fourth-order valence-electron chi connectivity index (χ4n) is 4.75. The summed E-state index contributed by atoms with van der Waals surface area (Å²) in [5.41, 5.74) is 3.00. The molecule has 2 heterocycles. The van der Waals surface area contributed by atoms with Gasteiger partial charge in [0.1, 0.15) is 0 Å². The number of guanidine groups is 1. The van der Waals surface area contributed by atoms with Crippen LogP contribution in [0.2, 0.25) is 0 Å². The van der Waals surface area contributed by atoms with E-state index >= 15 is 0 Å². The largest absolute Gasteiger partial charge is 0.373 e. The Balaban J connectivity index is 1.47. The topological polar surface area (TPSA) is 48.9 Å². The number of nitrogens with zero attached hydrogens (tertiary/aromatic N) is 2. The second kappa shape index (κ2) is 7.20. The van der Waals surface area contributed by atoms with E-state index < -0.39 is 0 Å². The highest BCUT2D eigenvalue weighted by Crippen LogP contribution is 2.35. The summed E-state index contributed by atoms with van der Waals surface area (Å²) < 4.78 is 5.99. The Labute approximate surface area is 157 Å². The van der Waals surface area contributed by atoms with E-state index in [-0.39, 0.29) is 5.54 Å². The summed E-state index contributed by atoms with van der Waals surface area (Å²) in [5.74, 6) is 0.936. The van der Waals surface area contributed by atoms with E-state index in [1.807, 2.05) is 0 Å². The van der Waals surface area contributed by atoms with Crippen LogP contribution in [0.1, 0.15) is 37.3 Å². The maximum Gasteiger partial charge on any atom is 0.191 e. The molecule has 2 N–H and O–H groups in total. The number of rotatable bonds is 5. The molecule has 3 atom stereocenters. The van der Waals surface area contributed by atoms with Crippen LogP contribution in [0.15, 0.2) is 29.3 Å². The Morgan fingerprint density at radius 2 is 1.96 bits per heavy atom. The number of nitrogens with one attached hydrogen (secondary N) is 2. The van der Waals surface area contributed by atoms with Crippen molar-refractivity contribution in [2.45, 2.75) is 62.8 Å². The van der Waals surface area contributed by atoms with Gasteiger partial charge in [-0.2, -0.15) is 0 Å². The molecule has 26 heavy (non-hydrogen) atoms. The Kier molecular flexibility index (Phi) is 4.93. The fraction of sp³-hybridized carbons (Fsp3) is 0.667. The lowest BCUT2D eigenvalue weighted by Gasteiger charge is -2.35. The Morgan fingerprint density at radius 1 is 1.23 bits per heavy atom. The number of hydrogen-bond donors (Lipinski definition) is 2. The Hall–Kier alpha value is -1.59. The van der Waals surface area contributed by atoms with Crippen LogP contribution in [0.25, 0.3) is 0 Å². The molecule has 2 aliphatic heterocycles. The molecule has 5 nitrogen and oxygen atoms in total. The van der Waals surface area contributed by atoms with Crippen molar-refractivity contribution in [2.24, 2.45) is 4.99 Å². The number of hydrogen-bond acceptors (Lipinski definition) is 3. The lowest BCUT2D eigenvalue weighted by Crippen LogP contribution is -2.51. The third-order valence-corrected chi connectivity index (χ3v) is 6.41. The van der Waals surface area contributed by atoms with Gasteiger partial charge in [0.15, 0.2) is 5.96 Å². The van der Waals surface area contributed by atoms with Gasteiger partial charge in [0.25, 0.3) is 0 Å². The summed E-state index contributed by atoms with van der Waals surface area (Å²) in [4.78, 5) is 7.38. The number of ether oxygens (including phenoxy) is 1. The summed E-state index contributed by atoms with van der Waals surface area (Å²) in [5, 5.41) is 7.08. The second-order valence-electron chi connectivity index (χ2n) is 8.30. The van der Waals surface area contributed by atoms with Crippen molar-refractivity contribution in [3.63, 3.8) is 0 Å². The van der Waals surface area contributed by atoms with Crippen molar-refractivity contribution < 1.29 is 4.74 Å². The van der Waals surface area contributed by atoms with Crippen LogP contribution < -0.4 is 10.6 Å². The van der Waals surface area contributed by atoms with Crippen LogP contribution in [0.4, 0.5) is 0 Å². The average molecular weight is 357 g/mol. The molecule has 5 heteroatoms. The minimum Gasteiger partial charge on any atom is -0.373 e. The number of benzene rings is 1. The molecule has 1 aliphatic carbocycles. The first-order valence-electron chi connectivity index (χ1n) is 10.0. The second-order valence-corrected chi connectivity index (χ2v) is 8.30. The van der Waals surface area contributed by atoms with Gasteiger partial charge >= 0.3 is 0 Å². The third kappa shape index (κ3) is 3.35. The zero-order valence-corrected chi connectivity index (χ0v) is 16.3. The van der Waals surface area contributed by atoms with Gasteiger partial charge in [-0.3, -0.25) is 4.99 Å². The summed E-state index contributed by atoms with van der Waals surface area (Å²) in [7, 11) is 4.37. The van der Waals surface area contributed by atoms with Gasteiger partial charge in [0, 0.05) is 12.1 Å². The van der Waals surface area contributed by atoms with Gasteiger partial charge in [-0.25, -0.2) is 0 Å². The van der Waals surface area contributed by atoms with Gasteiger partial charge in [-0.1, -0.05) is 24.3 Å². The minimum absolute atomic E-state index is 0.0667. The third-order valence-electron chi connectivity index (χ3n) is 6.41. The van der Waals surface area contributed by atoms with E-state index in [1.165, 1.54) is 24.0 Å². The van der Waals surface area contributed by atoms with Crippen molar-refractivity contribution in [1.82, 2.24) is 15.5 Å².